The van der Waals surface area contributed by atoms with Crippen molar-refractivity contribution in [3.05, 3.63) is 25.3 Å². The van der Waals surface area contributed by atoms with Crippen molar-refractivity contribution in [3.63, 3.8) is 0 Å². The van der Waals surface area contributed by atoms with Crippen LogP contribution in [0.15, 0.2) is 30.3 Å². The quantitative estimate of drug-likeness (QED) is 0.434. The minimum Gasteiger partial charge on any atom is -0.861 e. The standard InChI is InChI=1S/C11H14N2O3.Na/c1-4-6-11(7(3)5-2)8(14)12-10(16)13-9(11)15;/h4-5,7H,1-2,6H2,3H3,(H2,12,13,14,15,16);/q;+1/p-1. The molecule has 0 aliphatic carbocycles. The summed E-state index contributed by atoms with van der Waals surface area (Å²) in [7, 11) is 0. The van der Waals surface area contributed by atoms with E-state index in [1.165, 1.54) is 12.2 Å². The third-order valence-electron chi connectivity index (χ3n) is 2.81. The van der Waals surface area contributed by atoms with Crippen molar-refractivity contribution in [2.75, 3.05) is 0 Å². The molecule has 1 aliphatic heterocycles. The summed E-state index contributed by atoms with van der Waals surface area (Å²) in [6, 6.07) is -0.911. The summed E-state index contributed by atoms with van der Waals surface area (Å²) in [5.41, 5.74) is -1.38. The number of carbonyl (C=O) groups is 2. The van der Waals surface area contributed by atoms with Gasteiger partial charge in [0.25, 0.3) is 0 Å². The van der Waals surface area contributed by atoms with Crippen molar-refractivity contribution in [1.29, 1.82) is 0 Å². The van der Waals surface area contributed by atoms with Crippen LogP contribution >= 0.6 is 0 Å². The zero-order valence-electron chi connectivity index (χ0n) is 10.0. The summed E-state index contributed by atoms with van der Waals surface area (Å²) < 4.78 is 0. The molecule has 0 saturated carbocycles. The Labute approximate surface area is 122 Å². The number of nitrogens with one attached hydrogen (secondary N) is 1. The van der Waals surface area contributed by atoms with E-state index in [2.05, 4.69) is 18.2 Å². The van der Waals surface area contributed by atoms with E-state index in [1.807, 2.05) is 5.32 Å². The Bertz CT molecular complexity index is 392. The molecule has 0 aromatic carbocycles. The van der Waals surface area contributed by atoms with Crippen molar-refractivity contribution in [2.24, 2.45) is 16.3 Å². The van der Waals surface area contributed by atoms with E-state index in [0.29, 0.717) is 0 Å². The summed E-state index contributed by atoms with van der Waals surface area (Å²) in [5.74, 6) is -1.78. The van der Waals surface area contributed by atoms with Crippen molar-refractivity contribution in [2.45, 2.75) is 13.3 Å². The molecule has 0 saturated heterocycles. The first-order valence-electron chi connectivity index (χ1n) is 4.84. The fourth-order valence-electron chi connectivity index (χ4n) is 1.72. The third kappa shape index (κ3) is 2.68. The predicted molar refractivity (Wildman–Crippen MR) is 57.6 cm³/mol. The summed E-state index contributed by atoms with van der Waals surface area (Å²) in [4.78, 5) is 26.0. The number of urea groups is 1. The minimum atomic E-state index is -1.38. The summed E-state index contributed by atoms with van der Waals surface area (Å²) in [6.45, 7) is 8.75. The Balaban J connectivity index is 0.00000256. The number of nitrogens with zero attached hydrogens (tertiary/aromatic N) is 1. The van der Waals surface area contributed by atoms with Gasteiger partial charge in [-0.1, -0.05) is 19.1 Å². The summed E-state index contributed by atoms with van der Waals surface area (Å²) in [6.07, 6.45) is 3.08. The molecule has 0 aromatic rings. The Morgan fingerprint density at radius 3 is 2.53 bits per heavy atom. The van der Waals surface area contributed by atoms with Gasteiger partial charge in [-0.25, -0.2) is 9.79 Å². The molecular formula is C11H13N2NaO3. The molecule has 0 aromatic heterocycles. The maximum absolute atomic E-state index is 11.8. The molecule has 5 nitrogen and oxygen atoms in total. The number of carbonyl (C=O) groups excluding carboxylic acids is 2. The van der Waals surface area contributed by atoms with Gasteiger partial charge in [0.2, 0.25) is 5.91 Å². The van der Waals surface area contributed by atoms with Crippen molar-refractivity contribution in [3.8, 4) is 0 Å². The second kappa shape index (κ2) is 6.14. The first-order valence-corrected chi connectivity index (χ1v) is 4.84. The molecule has 0 bridgehead atoms. The molecule has 17 heavy (non-hydrogen) atoms. The number of rotatable bonds is 4. The topological polar surface area (TPSA) is 81.6 Å². The van der Waals surface area contributed by atoms with Crippen molar-refractivity contribution >= 4 is 17.8 Å². The van der Waals surface area contributed by atoms with Gasteiger partial charge in [-0.05, 0) is 18.2 Å². The molecule has 1 rings (SSSR count). The van der Waals surface area contributed by atoms with Gasteiger partial charge in [-0.3, -0.25) is 10.1 Å². The van der Waals surface area contributed by atoms with E-state index in [0.717, 1.165) is 0 Å². The van der Waals surface area contributed by atoms with Crippen LogP contribution in [0.5, 0.6) is 0 Å². The van der Waals surface area contributed by atoms with Gasteiger partial charge in [-0.2, -0.15) is 0 Å². The van der Waals surface area contributed by atoms with Gasteiger partial charge in [0.15, 0.2) is 0 Å². The molecule has 86 valence electrons. The molecule has 2 atom stereocenters. The predicted octanol–water partition coefficient (Wildman–Crippen LogP) is -2.62. The number of amides is 3. The molecule has 0 radical (unpaired) electrons. The monoisotopic (exact) mass is 244 g/mol. The normalized spacial score (nSPS) is 25.1. The number of hydrogen-bond acceptors (Lipinski definition) is 3. The number of aliphatic imine (C=N–C) groups is 1. The van der Waals surface area contributed by atoms with Crippen LogP contribution in [0.1, 0.15) is 13.3 Å². The molecular weight excluding hydrogens is 231 g/mol. The molecule has 1 heterocycles. The van der Waals surface area contributed by atoms with Crippen LogP contribution < -0.4 is 40.0 Å². The zero-order chi connectivity index (χ0) is 12.3. The minimum absolute atomic E-state index is 0. The van der Waals surface area contributed by atoms with Crippen LogP contribution in [0.25, 0.3) is 0 Å². The first kappa shape index (κ1) is 16.1. The van der Waals surface area contributed by atoms with Gasteiger partial charge >= 0.3 is 35.6 Å². The van der Waals surface area contributed by atoms with E-state index >= 15 is 0 Å². The van der Waals surface area contributed by atoms with Crippen LogP contribution in [0.4, 0.5) is 4.79 Å². The van der Waals surface area contributed by atoms with Gasteiger partial charge in [-0.15, -0.1) is 13.2 Å². The Hall–Kier alpha value is -0.910. The molecule has 2 unspecified atom stereocenters. The Morgan fingerprint density at radius 2 is 2.12 bits per heavy atom. The number of hydrogen-bond donors (Lipinski definition) is 1. The average molecular weight is 244 g/mol. The summed E-state index contributed by atoms with van der Waals surface area (Å²) in [5, 5.41) is 13.8. The van der Waals surface area contributed by atoms with Crippen LogP contribution in [-0.2, 0) is 4.79 Å². The second-order valence-corrected chi connectivity index (χ2v) is 3.66. The molecule has 6 heteroatoms. The Kier molecular flexibility index (Phi) is 5.81. The van der Waals surface area contributed by atoms with Crippen LogP contribution in [0.2, 0.25) is 0 Å². The zero-order valence-corrected chi connectivity index (χ0v) is 12.0. The maximum atomic E-state index is 11.8. The maximum Gasteiger partial charge on any atom is 1.00 e. The molecule has 3 amide bonds. The number of imide groups is 1. The largest absolute Gasteiger partial charge is 1.00 e. The van der Waals surface area contributed by atoms with E-state index in [9.17, 15) is 14.7 Å². The van der Waals surface area contributed by atoms with Gasteiger partial charge in [0.05, 0.1) is 5.41 Å². The molecule has 1 N–H and O–H groups in total. The van der Waals surface area contributed by atoms with Gasteiger partial charge in [0, 0.05) is 0 Å². The fourth-order valence-corrected chi connectivity index (χ4v) is 1.72. The number of allylic oxidation sites excluding steroid dienone is 2. The molecule has 1 aliphatic rings. The van der Waals surface area contributed by atoms with E-state index < -0.39 is 29.2 Å². The van der Waals surface area contributed by atoms with E-state index in [1.54, 1.807) is 6.92 Å². The van der Waals surface area contributed by atoms with Gasteiger partial charge < -0.3 is 5.11 Å². The van der Waals surface area contributed by atoms with E-state index in [-0.39, 0.29) is 36.0 Å². The van der Waals surface area contributed by atoms with E-state index in [4.69, 9.17) is 0 Å². The fraction of sp³-hybridized carbons (Fsp3) is 0.364. The van der Waals surface area contributed by atoms with Crippen molar-refractivity contribution < 1.29 is 44.3 Å². The van der Waals surface area contributed by atoms with Crippen molar-refractivity contribution in [1.82, 2.24) is 5.32 Å². The first-order chi connectivity index (χ1) is 7.48. The average Bonchev–Trinajstić information content (AvgIpc) is 2.22. The molecule has 0 spiro atoms. The smallest absolute Gasteiger partial charge is 0.861 e. The second-order valence-electron chi connectivity index (χ2n) is 3.66. The summed E-state index contributed by atoms with van der Waals surface area (Å²) >= 11 is 0. The third-order valence-corrected chi connectivity index (χ3v) is 2.81. The van der Waals surface area contributed by atoms with Gasteiger partial charge in [0.1, 0.15) is 0 Å². The Morgan fingerprint density at radius 1 is 1.53 bits per heavy atom. The van der Waals surface area contributed by atoms with Crippen LogP contribution in [-0.4, -0.2) is 17.8 Å². The molecule has 0 fully saturated rings. The van der Waals surface area contributed by atoms with Crippen LogP contribution in [0.3, 0.4) is 0 Å². The van der Waals surface area contributed by atoms with Crippen LogP contribution in [0, 0.1) is 11.3 Å². The SMILES string of the molecule is C=CCC1(C(C)C=C)C(=O)NC(=O)N=C1[O-].[Na+].